The summed E-state index contributed by atoms with van der Waals surface area (Å²) in [6, 6.07) is 23.2. The lowest BCUT2D eigenvalue weighted by Crippen LogP contribution is -2.51. The first kappa shape index (κ1) is 26.5. The molecule has 0 aliphatic rings. The average molecular weight is 493 g/mol. The topological polar surface area (TPSA) is 49.4 Å². The molecular formula is C29H33FN2O2S. The minimum Gasteiger partial charge on any atom is -0.354 e. The molecule has 0 radical (unpaired) electrons. The number of benzene rings is 3. The molecule has 2 amide bonds. The molecule has 4 nitrogen and oxygen atoms in total. The van der Waals surface area contributed by atoms with Gasteiger partial charge in [-0.3, -0.25) is 9.59 Å². The first-order chi connectivity index (χ1) is 17.0. The summed E-state index contributed by atoms with van der Waals surface area (Å²) in [5.41, 5.74) is 2.91. The van der Waals surface area contributed by atoms with Crippen LogP contribution in [0.25, 0.3) is 0 Å². The van der Waals surface area contributed by atoms with Crippen LogP contribution in [0.15, 0.2) is 83.8 Å². The third-order valence-electron chi connectivity index (χ3n) is 5.75. The summed E-state index contributed by atoms with van der Waals surface area (Å²) >= 11 is 1.45. The van der Waals surface area contributed by atoms with Crippen molar-refractivity contribution < 1.29 is 14.0 Å². The van der Waals surface area contributed by atoms with Gasteiger partial charge in [0.2, 0.25) is 11.8 Å². The highest BCUT2D eigenvalue weighted by molar-refractivity contribution is 8.00. The molecular weight excluding hydrogens is 459 g/mol. The van der Waals surface area contributed by atoms with E-state index in [2.05, 4.69) is 12.2 Å². The second-order valence-corrected chi connectivity index (χ2v) is 9.65. The molecule has 0 saturated carbocycles. The first-order valence-electron chi connectivity index (χ1n) is 12.0. The van der Waals surface area contributed by atoms with Gasteiger partial charge in [-0.25, -0.2) is 4.39 Å². The number of nitrogens with one attached hydrogen (secondary N) is 1. The second kappa shape index (κ2) is 13.7. The van der Waals surface area contributed by atoms with E-state index in [-0.39, 0.29) is 29.9 Å². The Morgan fingerprint density at radius 3 is 2.29 bits per heavy atom. The highest BCUT2D eigenvalue weighted by Crippen LogP contribution is 2.21. The van der Waals surface area contributed by atoms with Crippen LogP contribution >= 0.6 is 11.8 Å². The Labute approximate surface area is 211 Å². The zero-order valence-corrected chi connectivity index (χ0v) is 21.2. The van der Waals surface area contributed by atoms with Crippen molar-refractivity contribution in [2.24, 2.45) is 0 Å². The van der Waals surface area contributed by atoms with Crippen LogP contribution in [-0.4, -0.2) is 35.1 Å². The van der Waals surface area contributed by atoms with Gasteiger partial charge in [0.15, 0.2) is 0 Å². The second-order valence-electron chi connectivity index (χ2n) is 8.60. The number of halogens is 1. The maximum Gasteiger partial charge on any atom is 0.243 e. The lowest BCUT2D eigenvalue weighted by molar-refractivity contribution is -0.139. The van der Waals surface area contributed by atoms with E-state index in [1.807, 2.05) is 61.5 Å². The Balaban J connectivity index is 1.86. The fourth-order valence-corrected chi connectivity index (χ4v) is 4.49. The zero-order valence-electron chi connectivity index (χ0n) is 20.4. The van der Waals surface area contributed by atoms with Gasteiger partial charge >= 0.3 is 0 Å². The fourth-order valence-electron chi connectivity index (χ4n) is 3.71. The Bertz CT molecular complexity index is 1070. The van der Waals surface area contributed by atoms with E-state index in [0.29, 0.717) is 13.0 Å². The number of carbonyl (C=O) groups is 2. The molecule has 0 aromatic heterocycles. The Kier molecular flexibility index (Phi) is 10.4. The lowest BCUT2D eigenvalue weighted by atomic mass is 10.0. The van der Waals surface area contributed by atoms with Gasteiger partial charge in [0.25, 0.3) is 0 Å². The number of amides is 2. The number of hydrogen-bond donors (Lipinski definition) is 1. The highest BCUT2D eigenvalue weighted by Gasteiger charge is 2.30. The van der Waals surface area contributed by atoms with Crippen LogP contribution in [0.5, 0.6) is 0 Å². The molecule has 0 saturated heterocycles. The molecule has 0 aliphatic carbocycles. The Morgan fingerprint density at radius 2 is 1.63 bits per heavy atom. The molecule has 35 heavy (non-hydrogen) atoms. The van der Waals surface area contributed by atoms with Crippen molar-refractivity contribution >= 4 is 23.6 Å². The van der Waals surface area contributed by atoms with E-state index >= 15 is 0 Å². The molecule has 1 unspecified atom stereocenters. The first-order valence-corrected chi connectivity index (χ1v) is 13.0. The maximum absolute atomic E-state index is 13.6. The highest BCUT2D eigenvalue weighted by atomic mass is 32.2. The summed E-state index contributed by atoms with van der Waals surface area (Å²) < 4.78 is 13.5. The van der Waals surface area contributed by atoms with E-state index in [1.54, 1.807) is 17.0 Å². The van der Waals surface area contributed by atoms with Gasteiger partial charge in [-0.1, -0.05) is 73.5 Å². The molecule has 3 aromatic rings. The van der Waals surface area contributed by atoms with Crippen LogP contribution in [-0.2, 0) is 22.6 Å². The van der Waals surface area contributed by atoms with Gasteiger partial charge in [-0.05, 0) is 48.7 Å². The van der Waals surface area contributed by atoms with Crippen LogP contribution in [0.2, 0.25) is 0 Å². The normalized spacial score (nSPS) is 11.6. The van der Waals surface area contributed by atoms with Crippen molar-refractivity contribution in [3.63, 3.8) is 0 Å². The summed E-state index contributed by atoms with van der Waals surface area (Å²) in [4.78, 5) is 29.6. The Morgan fingerprint density at radius 1 is 0.943 bits per heavy atom. The number of nitrogens with zero attached hydrogens (tertiary/aromatic N) is 1. The molecule has 184 valence electrons. The molecule has 0 aliphatic heterocycles. The van der Waals surface area contributed by atoms with Crippen molar-refractivity contribution in [3.8, 4) is 0 Å². The zero-order chi connectivity index (χ0) is 25.0. The summed E-state index contributed by atoms with van der Waals surface area (Å²) in [5, 5.41) is 3.01. The smallest absolute Gasteiger partial charge is 0.243 e. The average Bonchev–Trinajstić information content (AvgIpc) is 2.87. The maximum atomic E-state index is 13.6. The van der Waals surface area contributed by atoms with Gasteiger partial charge in [0, 0.05) is 24.4 Å². The predicted octanol–water partition coefficient (Wildman–Crippen LogP) is 5.78. The van der Waals surface area contributed by atoms with Crippen molar-refractivity contribution in [3.05, 3.63) is 101 Å². The van der Waals surface area contributed by atoms with Crippen molar-refractivity contribution in [2.75, 3.05) is 12.3 Å². The van der Waals surface area contributed by atoms with Gasteiger partial charge in [0.1, 0.15) is 11.9 Å². The standard InChI is InChI=1S/C29H33FN2O2S/c1-3-4-18-31-29(34)27(19-23-8-6-5-7-9-23)32(20-24-12-14-25(30)15-13-24)28(33)21-35-26-16-10-22(2)11-17-26/h5-17,27H,3-4,18-21H2,1-2H3,(H,31,34). The van der Waals surface area contributed by atoms with Gasteiger partial charge in [-0.2, -0.15) is 0 Å². The van der Waals surface area contributed by atoms with E-state index in [9.17, 15) is 14.0 Å². The summed E-state index contributed by atoms with van der Waals surface area (Å²) in [6.07, 6.45) is 2.24. The quantitative estimate of drug-likeness (QED) is 0.257. The van der Waals surface area contributed by atoms with E-state index < -0.39 is 6.04 Å². The van der Waals surface area contributed by atoms with Crippen molar-refractivity contribution in [2.45, 2.75) is 50.6 Å². The summed E-state index contributed by atoms with van der Waals surface area (Å²) in [6.45, 7) is 4.89. The number of aryl methyl sites for hydroxylation is 1. The fraction of sp³-hybridized carbons (Fsp3) is 0.310. The number of unbranched alkanes of at least 4 members (excludes halogenated alkanes) is 1. The minimum atomic E-state index is -0.676. The summed E-state index contributed by atoms with van der Waals surface area (Å²) in [7, 11) is 0. The van der Waals surface area contributed by atoms with Crippen LogP contribution in [0, 0.1) is 12.7 Å². The lowest BCUT2D eigenvalue weighted by Gasteiger charge is -2.31. The predicted molar refractivity (Wildman–Crippen MR) is 141 cm³/mol. The Hall–Kier alpha value is -3.12. The van der Waals surface area contributed by atoms with E-state index in [0.717, 1.165) is 34.4 Å². The molecule has 3 aromatic carbocycles. The number of rotatable bonds is 12. The molecule has 1 N–H and O–H groups in total. The van der Waals surface area contributed by atoms with E-state index in [1.165, 1.54) is 23.9 Å². The van der Waals surface area contributed by atoms with Gasteiger partial charge in [-0.15, -0.1) is 11.8 Å². The van der Waals surface area contributed by atoms with E-state index in [4.69, 9.17) is 0 Å². The monoisotopic (exact) mass is 492 g/mol. The molecule has 0 bridgehead atoms. The third-order valence-corrected chi connectivity index (χ3v) is 6.75. The third kappa shape index (κ3) is 8.55. The van der Waals surface area contributed by atoms with Crippen LogP contribution in [0.4, 0.5) is 4.39 Å². The van der Waals surface area contributed by atoms with Crippen molar-refractivity contribution in [1.29, 1.82) is 0 Å². The largest absolute Gasteiger partial charge is 0.354 e. The molecule has 3 rings (SSSR count). The molecule has 1 atom stereocenters. The molecule has 0 spiro atoms. The van der Waals surface area contributed by atoms with Gasteiger partial charge < -0.3 is 10.2 Å². The van der Waals surface area contributed by atoms with Crippen LogP contribution in [0.3, 0.4) is 0 Å². The molecule has 0 fully saturated rings. The van der Waals surface area contributed by atoms with Crippen molar-refractivity contribution in [1.82, 2.24) is 10.2 Å². The van der Waals surface area contributed by atoms with Crippen LogP contribution in [0.1, 0.15) is 36.5 Å². The summed E-state index contributed by atoms with van der Waals surface area (Å²) in [5.74, 6) is -0.429. The van der Waals surface area contributed by atoms with Crippen LogP contribution < -0.4 is 5.32 Å². The minimum absolute atomic E-state index is 0.133. The number of thioether (sulfide) groups is 1. The number of carbonyl (C=O) groups excluding carboxylic acids is 2. The van der Waals surface area contributed by atoms with Gasteiger partial charge in [0.05, 0.1) is 5.75 Å². The SMILES string of the molecule is CCCCNC(=O)C(Cc1ccccc1)N(Cc1ccc(F)cc1)C(=O)CSc1ccc(C)cc1. The number of hydrogen-bond acceptors (Lipinski definition) is 3. The molecule has 6 heteroatoms. The molecule has 0 heterocycles.